The molecule has 3 rings (SSSR count). The molecule has 7 heteroatoms. The maximum atomic E-state index is 6.02. The molecule has 1 heterocycles. The zero-order valence-electron chi connectivity index (χ0n) is 13.5. The lowest BCUT2D eigenvalue weighted by atomic mass is 10.1. The third-order valence-electron chi connectivity index (χ3n) is 3.47. The van der Waals surface area contributed by atoms with Crippen LogP contribution < -0.4 is 21.1 Å². The molecule has 1 aliphatic rings. The molecule has 0 bridgehead atoms. The first kappa shape index (κ1) is 17.6. The molecule has 0 atom stereocenters. The van der Waals surface area contributed by atoms with Crippen molar-refractivity contribution in [3.8, 4) is 11.5 Å². The van der Waals surface area contributed by atoms with Crippen molar-refractivity contribution in [1.29, 1.82) is 0 Å². The van der Waals surface area contributed by atoms with Crippen molar-refractivity contribution in [2.45, 2.75) is 19.5 Å². The van der Waals surface area contributed by atoms with Gasteiger partial charge in [-0.3, -0.25) is 4.90 Å². The van der Waals surface area contributed by atoms with Gasteiger partial charge >= 0.3 is 0 Å². The Bertz CT molecular complexity index is 756. The summed E-state index contributed by atoms with van der Waals surface area (Å²) < 4.78 is 5.79. The largest absolute Gasteiger partial charge is 0.457 e. The lowest BCUT2D eigenvalue weighted by Crippen LogP contribution is -2.54. The number of aliphatic imine (C=N–C) groups is 2. The predicted octanol–water partition coefficient (Wildman–Crippen LogP) is 3.09. The predicted molar refractivity (Wildman–Crippen MR) is 100 cm³/mol. The monoisotopic (exact) mass is 345 g/mol. The number of halogens is 1. The molecule has 0 unspecified atom stereocenters. The molecule has 0 radical (unpaired) electrons. The summed E-state index contributed by atoms with van der Waals surface area (Å²) in [4.78, 5) is 10.2. The summed E-state index contributed by atoms with van der Waals surface area (Å²) in [7, 11) is 0. The van der Waals surface area contributed by atoms with E-state index in [1.54, 1.807) is 0 Å². The second-order valence-electron chi connectivity index (χ2n) is 5.68. The third kappa shape index (κ3) is 3.60. The Hall–Kier alpha value is -2.73. The van der Waals surface area contributed by atoms with Gasteiger partial charge in [0.15, 0.2) is 0 Å². The minimum Gasteiger partial charge on any atom is -0.457 e. The number of nitrogens with zero attached hydrogens (tertiary/aromatic N) is 3. The molecule has 4 N–H and O–H groups in total. The van der Waals surface area contributed by atoms with E-state index in [1.165, 1.54) is 0 Å². The highest BCUT2D eigenvalue weighted by Crippen LogP contribution is 2.30. The van der Waals surface area contributed by atoms with E-state index >= 15 is 0 Å². The Balaban J connectivity index is 0.00000208. The van der Waals surface area contributed by atoms with Gasteiger partial charge in [-0.1, -0.05) is 18.2 Å². The SMILES string of the molecule is CC1(C)N=C(N)N=C(N)N1c1ccc(Oc2ccccc2)cc1.Cl. The molecule has 1 aliphatic heterocycles. The van der Waals surface area contributed by atoms with Crippen LogP contribution in [0.5, 0.6) is 11.5 Å². The van der Waals surface area contributed by atoms with Crippen LogP contribution in [0.15, 0.2) is 64.6 Å². The van der Waals surface area contributed by atoms with Crippen LogP contribution >= 0.6 is 12.4 Å². The second kappa shape index (κ2) is 6.80. The molecule has 2 aromatic carbocycles. The van der Waals surface area contributed by atoms with Crippen LogP contribution in [0.1, 0.15) is 13.8 Å². The summed E-state index contributed by atoms with van der Waals surface area (Å²) in [5, 5.41) is 0. The van der Waals surface area contributed by atoms with Crippen molar-refractivity contribution in [3.05, 3.63) is 54.6 Å². The first-order chi connectivity index (χ1) is 11.0. The zero-order valence-corrected chi connectivity index (χ0v) is 14.3. The van der Waals surface area contributed by atoms with Crippen LogP contribution in [0, 0.1) is 0 Å². The summed E-state index contributed by atoms with van der Waals surface area (Å²) in [5.74, 6) is 2.04. The van der Waals surface area contributed by atoms with Crippen molar-refractivity contribution in [3.63, 3.8) is 0 Å². The minimum atomic E-state index is -0.599. The number of para-hydroxylation sites is 1. The van der Waals surface area contributed by atoms with Gasteiger partial charge in [0.05, 0.1) is 0 Å². The van der Waals surface area contributed by atoms with Gasteiger partial charge in [-0.25, -0.2) is 4.99 Å². The standard InChI is InChI=1S/C17H19N5O.ClH/c1-17(2)21-15(18)20-16(19)22(17)12-8-10-14(11-9-12)23-13-6-4-3-5-7-13;/h3-11H,1-2H3,(H4,18,19,20,21);1H. The average molecular weight is 346 g/mol. The fraction of sp³-hybridized carbons (Fsp3) is 0.176. The molecule has 0 saturated heterocycles. The number of hydrogen-bond acceptors (Lipinski definition) is 6. The van der Waals surface area contributed by atoms with Gasteiger partial charge in [0.25, 0.3) is 0 Å². The molecule has 2 aromatic rings. The smallest absolute Gasteiger partial charge is 0.220 e. The molecular weight excluding hydrogens is 326 g/mol. The van der Waals surface area contributed by atoms with E-state index in [4.69, 9.17) is 16.2 Å². The van der Waals surface area contributed by atoms with Gasteiger partial charge in [0, 0.05) is 5.69 Å². The Kier molecular flexibility index (Phi) is 4.99. The number of nitrogens with two attached hydrogens (primary N) is 2. The Morgan fingerprint density at radius 1 is 0.917 bits per heavy atom. The Morgan fingerprint density at radius 3 is 2.08 bits per heavy atom. The van der Waals surface area contributed by atoms with Gasteiger partial charge in [-0.05, 0) is 50.2 Å². The lowest BCUT2D eigenvalue weighted by Gasteiger charge is -2.38. The van der Waals surface area contributed by atoms with Crippen LogP contribution in [-0.4, -0.2) is 17.6 Å². The van der Waals surface area contributed by atoms with E-state index in [0.29, 0.717) is 5.96 Å². The number of guanidine groups is 2. The third-order valence-corrected chi connectivity index (χ3v) is 3.47. The summed E-state index contributed by atoms with van der Waals surface area (Å²) in [6.45, 7) is 3.85. The molecule has 0 spiro atoms. The van der Waals surface area contributed by atoms with E-state index in [2.05, 4.69) is 9.98 Å². The highest BCUT2D eigenvalue weighted by molar-refractivity contribution is 6.05. The molecule has 0 aromatic heterocycles. The van der Waals surface area contributed by atoms with E-state index in [9.17, 15) is 0 Å². The summed E-state index contributed by atoms with van der Waals surface area (Å²) in [6.07, 6.45) is 0. The molecule has 0 fully saturated rings. The van der Waals surface area contributed by atoms with Gasteiger partial charge in [-0.2, -0.15) is 4.99 Å². The molecule has 0 amide bonds. The fourth-order valence-corrected chi connectivity index (χ4v) is 2.54. The summed E-state index contributed by atoms with van der Waals surface area (Å²) >= 11 is 0. The van der Waals surface area contributed by atoms with Crippen LogP contribution in [-0.2, 0) is 0 Å². The fourth-order valence-electron chi connectivity index (χ4n) is 2.54. The summed E-state index contributed by atoms with van der Waals surface area (Å²) in [6, 6.07) is 17.2. The van der Waals surface area contributed by atoms with E-state index in [-0.39, 0.29) is 18.4 Å². The molecule has 126 valence electrons. The Morgan fingerprint density at radius 2 is 1.50 bits per heavy atom. The topological polar surface area (TPSA) is 89.2 Å². The highest BCUT2D eigenvalue weighted by Gasteiger charge is 2.32. The number of hydrogen-bond donors (Lipinski definition) is 2. The minimum absolute atomic E-state index is 0. The van der Waals surface area contributed by atoms with Gasteiger partial charge < -0.3 is 16.2 Å². The zero-order chi connectivity index (χ0) is 16.4. The lowest BCUT2D eigenvalue weighted by molar-refractivity contribution is 0.482. The first-order valence-corrected chi connectivity index (χ1v) is 7.28. The second-order valence-corrected chi connectivity index (χ2v) is 5.68. The van der Waals surface area contributed by atoms with E-state index in [0.717, 1.165) is 17.2 Å². The van der Waals surface area contributed by atoms with E-state index < -0.39 is 5.66 Å². The summed E-state index contributed by atoms with van der Waals surface area (Å²) in [5.41, 5.74) is 12.0. The maximum absolute atomic E-state index is 6.02. The molecule has 6 nitrogen and oxygen atoms in total. The highest BCUT2D eigenvalue weighted by atomic mass is 35.5. The van der Waals surface area contributed by atoms with Gasteiger partial charge in [0.2, 0.25) is 11.9 Å². The molecular formula is C17H20ClN5O. The Labute approximate surface area is 147 Å². The van der Waals surface area contributed by atoms with Gasteiger partial charge in [0.1, 0.15) is 17.2 Å². The molecule has 0 aliphatic carbocycles. The van der Waals surface area contributed by atoms with Crippen molar-refractivity contribution in [1.82, 2.24) is 0 Å². The number of rotatable bonds is 3. The molecule has 24 heavy (non-hydrogen) atoms. The number of anilines is 1. The normalized spacial score (nSPS) is 15.8. The number of ether oxygens (including phenoxy) is 1. The van der Waals surface area contributed by atoms with Crippen LogP contribution in [0.25, 0.3) is 0 Å². The van der Waals surface area contributed by atoms with E-state index in [1.807, 2.05) is 73.3 Å². The average Bonchev–Trinajstić information content (AvgIpc) is 2.48. The quantitative estimate of drug-likeness (QED) is 0.894. The molecule has 0 saturated carbocycles. The van der Waals surface area contributed by atoms with Crippen molar-refractivity contribution in [2.75, 3.05) is 4.90 Å². The first-order valence-electron chi connectivity index (χ1n) is 7.28. The van der Waals surface area contributed by atoms with Crippen molar-refractivity contribution >= 4 is 30.0 Å². The van der Waals surface area contributed by atoms with Crippen LogP contribution in [0.2, 0.25) is 0 Å². The van der Waals surface area contributed by atoms with Crippen molar-refractivity contribution in [2.24, 2.45) is 21.5 Å². The van der Waals surface area contributed by atoms with Crippen molar-refractivity contribution < 1.29 is 4.74 Å². The number of benzene rings is 2. The van der Waals surface area contributed by atoms with Gasteiger partial charge in [-0.15, -0.1) is 12.4 Å². The maximum Gasteiger partial charge on any atom is 0.220 e. The van der Waals surface area contributed by atoms with Crippen LogP contribution in [0.3, 0.4) is 0 Å². The van der Waals surface area contributed by atoms with Crippen LogP contribution in [0.4, 0.5) is 5.69 Å².